The van der Waals surface area contributed by atoms with Crippen molar-refractivity contribution >= 4 is 29.2 Å². The largest absolute Gasteiger partial charge is 0.381 e. The van der Waals surface area contributed by atoms with Crippen LogP contribution in [0.5, 0.6) is 0 Å². The predicted molar refractivity (Wildman–Crippen MR) is 154 cm³/mol. The molecule has 10 nitrogen and oxygen atoms in total. The molecule has 1 aromatic carbocycles. The first-order chi connectivity index (χ1) is 19.4. The van der Waals surface area contributed by atoms with Gasteiger partial charge in [-0.05, 0) is 55.2 Å². The van der Waals surface area contributed by atoms with E-state index in [1.807, 2.05) is 30.5 Å². The van der Waals surface area contributed by atoms with E-state index in [4.69, 9.17) is 14.7 Å². The number of fused-ring (bicyclic) bond motifs is 1. The van der Waals surface area contributed by atoms with E-state index in [1.54, 1.807) is 9.42 Å². The average molecular weight is 546 g/mol. The van der Waals surface area contributed by atoms with Crippen molar-refractivity contribution < 1.29 is 14.3 Å². The molecule has 212 valence electrons. The van der Waals surface area contributed by atoms with Crippen LogP contribution in [0, 0.1) is 0 Å². The number of ether oxygens (including phenoxy) is 1. The van der Waals surface area contributed by atoms with E-state index >= 15 is 0 Å². The molecule has 2 N–H and O–H groups in total. The summed E-state index contributed by atoms with van der Waals surface area (Å²) in [5, 5.41) is 11.5. The number of carbonyl (C=O) groups excluding carboxylic acids is 2. The fourth-order valence-electron chi connectivity index (χ4n) is 5.50. The number of benzene rings is 1. The molecule has 0 aliphatic carbocycles. The van der Waals surface area contributed by atoms with Crippen LogP contribution < -0.4 is 10.6 Å². The van der Waals surface area contributed by atoms with Crippen molar-refractivity contribution in [2.45, 2.75) is 76.9 Å². The molecule has 1 amide bonds. The molecule has 2 aliphatic heterocycles. The molecule has 5 rings (SSSR count). The summed E-state index contributed by atoms with van der Waals surface area (Å²) in [6.45, 7) is 10.4. The highest BCUT2D eigenvalue weighted by atomic mass is 16.5. The minimum atomic E-state index is -0.382. The minimum absolute atomic E-state index is 0.0686. The summed E-state index contributed by atoms with van der Waals surface area (Å²) in [4.78, 5) is 36.8. The Labute approximate surface area is 235 Å². The highest BCUT2D eigenvalue weighted by Gasteiger charge is 2.30. The molecule has 0 radical (unpaired) electrons. The molecule has 2 aromatic heterocycles. The number of amides is 1. The number of nitrogens with one attached hydrogen (secondary N) is 2. The van der Waals surface area contributed by atoms with Crippen LogP contribution in [0.25, 0.3) is 5.65 Å². The number of rotatable bonds is 10. The molecule has 1 unspecified atom stereocenters. The van der Waals surface area contributed by atoms with Gasteiger partial charge in [-0.15, -0.1) is 0 Å². The van der Waals surface area contributed by atoms with Crippen LogP contribution in [0.4, 0.5) is 11.9 Å². The first-order valence-corrected chi connectivity index (χ1v) is 14.3. The van der Waals surface area contributed by atoms with Gasteiger partial charge in [-0.2, -0.15) is 19.6 Å². The molecule has 2 aliphatic rings. The Morgan fingerprint density at radius 1 is 1.15 bits per heavy atom. The number of aromatic nitrogens is 4. The molecular weight excluding hydrogens is 506 g/mol. The summed E-state index contributed by atoms with van der Waals surface area (Å²) in [6, 6.07) is 7.88. The normalized spacial score (nSPS) is 18.2. The van der Waals surface area contributed by atoms with Crippen molar-refractivity contribution in [3.05, 3.63) is 59.8 Å². The number of piperidine rings is 1. The quantitative estimate of drug-likeness (QED) is 0.366. The van der Waals surface area contributed by atoms with Gasteiger partial charge in [-0.25, -0.2) is 0 Å². The summed E-state index contributed by atoms with van der Waals surface area (Å²) in [5.74, 6) is 1.35. The van der Waals surface area contributed by atoms with Gasteiger partial charge in [-0.1, -0.05) is 44.7 Å². The standard InChI is InChI=1S/C30H39N7O3/c1-4-27(39)36-13-6-5-10-25(36)26(38)17-21-8-7-9-22(16-21)18-31-30-35-29(33-23-11-14-40-15-12-23)34-28-24(20(2)3)19-32-37(28)30/h4,7-9,16,19-20,23,25H,1,5-6,10-15,17-18H2,2-3H3,(H2,31,33,34,35). The molecular formula is C30H39N7O3. The Morgan fingerprint density at radius 2 is 1.95 bits per heavy atom. The predicted octanol–water partition coefficient (Wildman–Crippen LogP) is 4.13. The number of Topliss-reactive ketones (excluding diaryl/α,β-unsaturated/α-hetero) is 1. The number of anilines is 2. The fourth-order valence-corrected chi connectivity index (χ4v) is 5.50. The molecule has 2 fully saturated rings. The topological polar surface area (TPSA) is 114 Å². The summed E-state index contributed by atoms with van der Waals surface area (Å²) in [6.07, 6.45) is 7.85. The second-order valence-electron chi connectivity index (χ2n) is 11.0. The van der Waals surface area contributed by atoms with Crippen LogP contribution in [0.1, 0.15) is 68.6 Å². The van der Waals surface area contributed by atoms with Gasteiger partial charge >= 0.3 is 0 Å². The first-order valence-electron chi connectivity index (χ1n) is 14.3. The van der Waals surface area contributed by atoms with Gasteiger partial charge in [0, 0.05) is 44.3 Å². The van der Waals surface area contributed by atoms with E-state index in [-0.39, 0.29) is 36.1 Å². The number of ketones is 1. The van der Waals surface area contributed by atoms with Crippen molar-refractivity contribution in [2.75, 3.05) is 30.4 Å². The molecule has 40 heavy (non-hydrogen) atoms. The van der Waals surface area contributed by atoms with Gasteiger partial charge in [0.25, 0.3) is 0 Å². The van der Waals surface area contributed by atoms with Crippen molar-refractivity contribution in [2.24, 2.45) is 0 Å². The molecule has 0 bridgehead atoms. The zero-order chi connectivity index (χ0) is 28.1. The molecule has 0 spiro atoms. The molecule has 2 saturated heterocycles. The number of likely N-dealkylation sites (tertiary alicyclic amines) is 1. The van der Waals surface area contributed by atoms with Crippen LogP contribution in [-0.2, 0) is 27.3 Å². The fraction of sp³-hybridized carbons (Fsp3) is 0.500. The second kappa shape index (κ2) is 12.6. The Bertz CT molecular complexity index is 1360. The number of hydrogen-bond donors (Lipinski definition) is 2. The second-order valence-corrected chi connectivity index (χ2v) is 11.0. The van der Waals surface area contributed by atoms with E-state index in [0.717, 1.165) is 61.2 Å². The lowest BCUT2D eigenvalue weighted by Crippen LogP contribution is -2.47. The molecule has 0 saturated carbocycles. The average Bonchev–Trinajstić information content (AvgIpc) is 3.41. The van der Waals surface area contributed by atoms with Crippen molar-refractivity contribution in [1.29, 1.82) is 0 Å². The van der Waals surface area contributed by atoms with Crippen LogP contribution in [-0.4, -0.2) is 68.0 Å². The smallest absolute Gasteiger partial charge is 0.246 e. The van der Waals surface area contributed by atoms with Gasteiger partial charge in [0.2, 0.25) is 17.8 Å². The van der Waals surface area contributed by atoms with E-state index < -0.39 is 0 Å². The van der Waals surface area contributed by atoms with Gasteiger partial charge in [0.15, 0.2) is 11.4 Å². The Hall–Kier alpha value is -3.79. The molecule has 1 atom stereocenters. The SMILES string of the molecule is C=CC(=O)N1CCCCC1C(=O)Cc1cccc(CNc2nc(NC3CCOCC3)nc3c(C(C)C)cnn23)c1. The highest BCUT2D eigenvalue weighted by Crippen LogP contribution is 2.24. The maximum absolute atomic E-state index is 13.2. The Morgan fingerprint density at radius 3 is 2.73 bits per heavy atom. The van der Waals surface area contributed by atoms with Crippen LogP contribution in [0.15, 0.2) is 43.1 Å². The van der Waals surface area contributed by atoms with E-state index in [2.05, 4.69) is 36.2 Å². The number of hydrogen-bond acceptors (Lipinski definition) is 8. The first kappa shape index (κ1) is 27.8. The number of carbonyl (C=O) groups is 2. The van der Waals surface area contributed by atoms with Crippen LogP contribution in [0.3, 0.4) is 0 Å². The van der Waals surface area contributed by atoms with E-state index in [9.17, 15) is 9.59 Å². The Kier molecular flexibility index (Phi) is 8.74. The number of nitrogens with zero attached hydrogens (tertiary/aromatic N) is 5. The summed E-state index contributed by atoms with van der Waals surface area (Å²) in [7, 11) is 0. The third-order valence-corrected chi connectivity index (χ3v) is 7.72. The van der Waals surface area contributed by atoms with Gasteiger partial charge < -0.3 is 20.3 Å². The maximum Gasteiger partial charge on any atom is 0.246 e. The van der Waals surface area contributed by atoms with Gasteiger partial charge in [-0.3, -0.25) is 9.59 Å². The van der Waals surface area contributed by atoms with E-state index in [1.165, 1.54) is 6.08 Å². The summed E-state index contributed by atoms with van der Waals surface area (Å²) >= 11 is 0. The summed E-state index contributed by atoms with van der Waals surface area (Å²) in [5.41, 5.74) is 3.80. The lowest BCUT2D eigenvalue weighted by atomic mass is 9.94. The lowest BCUT2D eigenvalue weighted by molar-refractivity contribution is -0.137. The van der Waals surface area contributed by atoms with E-state index in [0.29, 0.717) is 31.4 Å². The molecule has 4 heterocycles. The van der Waals surface area contributed by atoms with Gasteiger partial charge in [0.05, 0.1) is 12.2 Å². The van der Waals surface area contributed by atoms with Crippen molar-refractivity contribution in [3.63, 3.8) is 0 Å². The highest BCUT2D eigenvalue weighted by molar-refractivity contribution is 5.94. The lowest BCUT2D eigenvalue weighted by Gasteiger charge is -2.34. The zero-order valence-corrected chi connectivity index (χ0v) is 23.4. The zero-order valence-electron chi connectivity index (χ0n) is 23.4. The Balaban J connectivity index is 1.31. The van der Waals surface area contributed by atoms with Crippen molar-refractivity contribution in [1.82, 2.24) is 24.5 Å². The molecule has 3 aromatic rings. The summed E-state index contributed by atoms with van der Waals surface area (Å²) < 4.78 is 7.25. The maximum atomic E-state index is 13.2. The minimum Gasteiger partial charge on any atom is -0.381 e. The monoisotopic (exact) mass is 545 g/mol. The van der Waals surface area contributed by atoms with Crippen LogP contribution in [0.2, 0.25) is 0 Å². The molecule has 10 heteroatoms. The third kappa shape index (κ3) is 6.33. The third-order valence-electron chi connectivity index (χ3n) is 7.72. The van der Waals surface area contributed by atoms with Crippen LogP contribution >= 0.6 is 0 Å². The van der Waals surface area contributed by atoms with Crippen molar-refractivity contribution in [3.8, 4) is 0 Å². The van der Waals surface area contributed by atoms with Gasteiger partial charge in [0.1, 0.15) is 0 Å².